The van der Waals surface area contributed by atoms with Crippen molar-refractivity contribution in [1.82, 2.24) is 24.0 Å². The van der Waals surface area contributed by atoms with Gasteiger partial charge in [-0.15, -0.1) is 0 Å². The molecule has 3 heterocycles. The maximum atomic E-state index is 13.5. The van der Waals surface area contributed by atoms with E-state index in [4.69, 9.17) is 5.73 Å². The fourth-order valence-electron chi connectivity index (χ4n) is 4.44. The van der Waals surface area contributed by atoms with Crippen LogP contribution in [0.3, 0.4) is 0 Å². The minimum Gasteiger partial charge on any atom is -0.340 e. The summed E-state index contributed by atoms with van der Waals surface area (Å²) in [6.07, 6.45) is 3.52. The number of carbonyl (C=O) groups excluding carboxylic acids is 1. The average molecular weight is 475 g/mol. The molecule has 0 radical (unpaired) electrons. The van der Waals surface area contributed by atoms with Gasteiger partial charge in [0.2, 0.25) is 5.91 Å². The molecule has 2 aromatic heterocycles. The summed E-state index contributed by atoms with van der Waals surface area (Å²) in [6, 6.07) is 11.3. The molecule has 0 spiro atoms. The third-order valence-electron chi connectivity index (χ3n) is 6.45. The van der Waals surface area contributed by atoms with Crippen LogP contribution in [0, 0.1) is 11.8 Å². The van der Waals surface area contributed by atoms with E-state index < -0.39 is 6.04 Å². The number of rotatable bonds is 6. The molecule has 3 aromatic rings. The Balaban J connectivity index is 1.45. The van der Waals surface area contributed by atoms with Crippen LogP contribution in [0.15, 0.2) is 47.4 Å². The number of nitrogens with two attached hydrogens (primary N) is 1. The van der Waals surface area contributed by atoms with Crippen LogP contribution in [0.1, 0.15) is 57.5 Å². The van der Waals surface area contributed by atoms with Crippen LogP contribution in [0.5, 0.6) is 0 Å². The zero-order chi connectivity index (χ0) is 24.9. The lowest BCUT2D eigenvalue weighted by Gasteiger charge is -2.37. The van der Waals surface area contributed by atoms with Crippen LogP contribution in [0.2, 0.25) is 0 Å². The molecule has 2 N–H and O–H groups in total. The highest BCUT2D eigenvalue weighted by molar-refractivity contribution is 5.76. The zero-order valence-electron chi connectivity index (χ0n) is 20.8. The molecule has 4 rings (SSSR count). The number of piperazine rings is 1. The van der Waals surface area contributed by atoms with Crippen LogP contribution in [-0.4, -0.2) is 62.1 Å². The molecule has 1 saturated heterocycles. The fraction of sp³-hybridized carbons (Fsp3) is 0.444. The highest BCUT2D eigenvalue weighted by Gasteiger charge is 2.22. The highest BCUT2D eigenvalue weighted by Crippen LogP contribution is 2.15. The number of fused-ring (bicyclic) bond motifs is 1. The van der Waals surface area contributed by atoms with Crippen LogP contribution in [-0.2, 0) is 4.79 Å². The summed E-state index contributed by atoms with van der Waals surface area (Å²) < 4.78 is 3.12. The Kier molecular flexibility index (Phi) is 7.69. The predicted molar refractivity (Wildman–Crippen MR) is 137 cm³/mol. The first-order valence-corrected chi connectivity index (χ1v) is 12.3. The third-order valence-corrected chi connectivity index (χ3v) is 6.45. The van der Waals surface area contributed by atoms with Gasteiger partial charge >= 0.3 is 0 Å². The lowest BCUT2D eigenvalue weighted by Crippen LogP contribution is -2.50. The van der Waals surface area contributed by atoms with Crippen molar-refractivity contribution >= 4 is 11.4 Å². The van der Waals surface area contributed by atoms with Crippen molar-refractivity contribution in [2.75, 3.05) is 26.2 Å². The normalized spacial score (nSPS) is 15.3. The van der Waals surface area contributed by atoms with Gasteiger partial charge in [0.25, 0.3) is 5.56 Å². The summed E-state index contributed by atoms with van der Waals surface area (Å²) in [5.41, 5.74) is 7.69. The smallest absolute Gasteiger partial charge is 0.283 e. The largest absolute Gasteiger partial charge is 0.340 e. The van der Waals surface area contributed by atoms with Crippen molar-refractivity contribution in [3.8, 4) is 17.5 Å². The SMILES string of the molecule is CC(N)c1nn2ccc(C#CCCCC(=O)N3CCN(C(C)C)CC3)c2c(=O)n1-c1ccccc1. The number of nitrogens with zero attached hydrogens (tertiary/aromatic N) is 5. The third kappa shape index (κ3) is 5.47. The van der Waals surface area contributed by atoms with Crippen LogP contribution in [0.25, 0.3) is 11.2 Å². The summed E-state index contributed by atoms with van der Waals surface area (Å²) in [5.74, 6) is 6.94. The molecule has 1 atom stereocenters. The number of hydrogen-bond acceptors (Lipinski definition) is 5. The number of amides is 1. The Morgan fingerprint density at radius 3 is 2.46 bits per heavy atom. The van der Waals surface area contributed by atoms with Gasteiger partial charge in [-0.3, -0.25) is 19.1 Å². The lowest BCUT2D eigenvalue weighted by molar-refractivity contribution is -0.133. The number of para-hydroxylation sites is 1. The lowest BCUT2D eigenvalue weighted by atomic mass is 10.2. The number of carbonyl (C=O) groups is 1. The zero-order valence-corrected chi connectivity index (χ0v) is 20.8. The molecule has 1 aromatic carbocycles. The molecule has 184 valence electrons. The van der Waals surface area contributed by atoms with Gasteiger partial charge in [-0.1, -0.05) is 30.0 Å². The summed E-state index contributed by atoms with van der Waals surface area (Å²) in [7, 11) is 0. The Bertz CT molecular complexity index is 1290. The van der Waals surface area contributed by atoms with Gasteiger partial charge in [-0.25, -0.2) is 4.52 Å². The Labute approximate surface area is 206 Å². The number of unbranched alkanes of at least 4 members (excludes halogenated alkanes) is 1. The van der Waals surface area contributed by atoms with E-state index in [-0.39, 0.29) is 11.5 Å². The van der Waals surface area contributed by atoms with Gasteiger partial charge in [0.15, 0.2) is 5.82 Å². The highest BCUT2D eigenvalue weighted by atomic mass is 16.2. The molecular weight excluding hydrogens is 440 g/mol. The van der Waals surface area contributed by atoms with Crippen molar-refractivity contribution in [3.63, 3.8) is 0 Å². The van der Waals surface area contributed by atoms with E-state index in [0.29, 0.717) is 47.9 Å². The first-order chi connectivity index (χ1) is 16.9. The summed E-state index contributed by atoms with van der Waals surface area (Å²) in [4.78, 5) is 30.4. The molecular formula is C27H34N6O2. The summed E-state index contributed by atoms with van der Waals surface area (Å²) >= 11 is 0. The molecule has 8 nitrogen and oxygen atoms in total. The predicted octanol–water partition coefficient (Wildman–Crippen LogP) is 2.58. The molecule has 8 heteroatoms. The van der Waals surface area contributed by atoms with Gasteiger partial charge in [-0.05, 0) is 45.4 Å². The average Bonchev–Trinajstić information content (AvgIpc) is 3.27. The monoisotopic (exact) mass is 474 g/mol. The van der Waals surface area contributed by atoms with Crippen molar-refractivity contribution in [2.45, 2.75) is 52.1 Å². The van der Waals surface area contributed by atoms with E-state index in [1.165, 1.54) is 0 Å². The van der Waals surface area contributed by atoms with Crippen molar-refractivity contribution in [2.24, 2.45) is 5.73 Å². The molecule has 1 aliphatic rings. The van der Waals surface area contributed by atoms with Gasteiger partial charge in [-0.2, -0.15) is 5.10 Å². The molecule has 35 heavy (non-hydrogen) atoms. The fourth-order valence-corrected chi connectivity index (χ4v) is 4.44. The molecule has 0 bridgehead atoms. The number of aromatic nitrogens is 3. The Morgan fingerprint density at radius 2 is 1.80 bits per heavy atom. The second-order valence-electron chi connectivity index (χ2n) is 9.31. The molecule has 1 unspecified atom stereocenters. The van der Waals surface area contributed by atoms with Crippen molar-refractivity contribution in [1.29, 1.82) is 0 Å². The summed E-state index contributed by atoms with van der Waals surface area (Å²) in [5, 5.41) is 4.60. The Morgan fingerprint density at radius 1 is 1.09 bits per heavy atom. The number of hydrogen-bond donors (Lipinski definition) is 1. The van der Waals surface area contributed by atoms with Gasteiger partial charge in [0.05, 0.1) is 17.3 Å². The maximum absolute atomic E-state index is 13.5. The minimum atomic E-state index is -0.421. The molecule has 0 aliphatic carbocycles. The van der Waals surface area contributed by atoms with Crippen LogP contribution in [0.4, 0.5) is 0 Å². The summed E-state index contributed by atoms with van der Waals surface area (Å²) in [6.45, 7) is 9.65. The standard InChI is InChI=1S/C27H34N6O2/c1-20(2)30-16-18-31(19-17-30)24(34)13-9-4-6-10-22-14-15-32-25(22)27(35)33(26(29-32)21(3)28)23-11-7-5-8-12-23/h5,7-8,11-12,14-15,20-21H,4,9,13,16-19,28H2,1-3H3. The molecule has 1 fully saturated rings. The molecule has 1 aliphatic heterocycles. The van der Waals surface area contributed by atoms with Crippen LogP contribution >= 0.6 is 0 Å². The van der Waals surface area contributed by atoms with E-state index in [1.807, 2.05) is 42.2 Å². The van der Waals surface area contributed by atoms with E-state index >= 15 is 0 Å². The maximum Gasteiger partial charge on any atom is 0.283 e. The quantitative estimate of drug-likeness (QED) is 0.438. The first kappa shape index (κ1) is 24.7. The molecule has 0 saturated carbocycles. The second kappa shape index (κ2) is 10.9. The van der Waals surface area contributed by atoms with E-state index in [0.717, 1.165) is 26.2 Å². The van der Waals surface area contributed by atoms with Gasteiger partial charge in [0.1, 0.15) is 5.52 Å². The van der Waals surface area contributed by atoms with Crippen LogP contribution < -0.4 is 11.3 Å². The second-order valence-corrected chi connectivity index (χ2v) is 9.31. The number of benzene rings is 1. The van der Waals surface area contributed by atoms with E-state index in [9.17, 15) is 9.59 Å². The van der Waals surface area contributed by atoms with Crippen molar-refractivity contribution in [3.05, 3.63) is 64.3 Å². The van der Waals surface area contributed by atoms with Crippen molar-refractivity contribution < 1.29 is 4.79 Å². The minimum absolute atomic E-state index is 0.197. The van der Waals surface area contributed by atoms with Gasteiger partial charge < -0.3 is 10.6 Å². The first-order valence-electron chi connectivity index (χ1n) is 12.3. The van der Waals surface area contributed by atoms with E-state index in [2.05, 4.69) is 35.7 Å². The van der Waals surface area contributed by atoms with E-state index in [1.54, 1.807) is 21.3 Å². The van der Waals surface area contributed by atoms with Gasteiger partial charge in [0, 0.05) is 51.3 Å². The topological polar surface area (TPSA) is 88.9 Å². The Hall–Kier alpha value is -3.41. The molecule has 1 amide bonds.